The van der Waals surface area contributed by atoms with E-state index >= 15 is 0 Å². The number of carbonyl (C=O) groups is 1. The summed E-state index contributed by atoms with van der Waals surface area (Å²) in [7, 11) is 0. The first-order chi connectivity index (χ1) is 7.31. The van der Waals surface area contributed by atoms with Crippen LogP contribution in [-0.2, 0) is 9.47 Å². The minimum atomic E-state index is -0.545. The van der Waals surface area contributed by atoms with Gasteiger partial charge in [0.1, 0.15) is 17.5 Å². The van der Waals surface area contributed by atoms with Crippen molar-refractivity contribution >= 4 is 11.9 Å². The molecule has 0 aromatic carbocycles. The van der Waals surface area contributed by atoms with Crippen molar-refractivity contribution in [3.8, 4) is 0 Å². The number of carbonyl (C=O) groups excluding carboxylic acids is 1. The van der Waals surface area contributed by atoms with E-state index in [-0.39, 0.29) is 12.4 Å². The Morgan fingerprint density at radius 1 is 1.56 bits per heavy atom. The number of morpholine rings is 1. The number of amides is 1. The Morgan fingerprint density at radius 3 is 2.69 bits per heavy atom. The van der Waals surface area contributed by atoms with E-state index in [1.807, 2.05) is 0 Å². The molecular weight excluding hydrogens is 210 g/mol. The number of nitrogens with one attached hydrogen (secondary N) is 1. The van der Waals surface area contributed by atoms with Gasteiger partial charge < -0.3 is 15.2 Å². The first kappa shape index (κ1) is 12.8. The van der Waals surface area contributed by atoms with Crippen LogP contribution in [0.3, 0.4) is 0 Å². The van der Waals surface area contributed by atoms with E-state index < -0.39 is 17.7 Å². The van der Waals surface area contributed by atoms with Crippen LogP contribution in [0.2, 0.25) is 0 Å². The summed E-state index contributed by atoms with van der Waals surface area (Å²) in [5.74, 6) is -0.0782. The Kier molecular flexibility index (Phi) is 3.74. The second kappa shape index (κ2) is 4.69. The minimum absolute atomic E-state index is 0.0782. The summed E-state index contributed by atoms with van der Waals surface area (Å²) in [6, 6.07) is -0.511. The van der Waals surface area contributed by atoms with Gasteiger partial charge in [-0.15, -0.1) is 0 Å². The second-order valence-corrected chi connectivity index (χ2v) is 4.72. The fourth-order valence-electron chi connectivity index (χ4n) is 1.40. The molecular formula is C10H19N3O3. The van der Waals surface area contributed by atoms with Crippen molar-refractivity contribution in [3.05, 3.63) is 0 Å². The zero-order chi connectivity index (χ0) is 12.3. The maximum absolute atomic E-state index is 11.8. The molecule has 0 aliphatic carbocycles. The van der Waals surface area contributed by atoms with E-state index in [4.69, 9.17) is 20.6 Å². The number of ether oxygens (including phenoxy) is 2. The lowest BCUT2D eigenvalue weighted by Gasteiger charge is -2.35. The number of nitrogens with two attached hydrogens (primary N) is 1. The van der Waals surface area contributed by atoms with Gasteiger partial charge in [0, 0.05) is 6.54 Å². The van der Waals surface area contributed by atoms with E-state index in [0.29, 0.717) is 13.2 Å². The Labute approximate surface area is 95.2 Å². The van der Waals surface area contributed by atoms with Gasteiger partial charge in [-0.25, -0.2) is 4.79 Å². The van der Waals surface area contributed by atoms with Crippen LogP contribution in [0.15, 0.2) is 0 Å². The average Bonchev–Trinajstić information content (AvgIpc) is 2.15. The van der Waals surface area contributed by atoms with Crippen LogP contribution in [0.5, 0.6) is 0 Å². The molecule has 3 N–H and O–H groups in total. The zero-order valence-corrected chi connectivity index (χ0v) is 9.95. The topological polar surface area (TPSA) is 88.6 Å². The monoisotopic (exact) mass is 229 g/mol. The molecule has 1 atom stereocenters. The lowest BCUT2D eigenvalue weighted by atomic mass is 10.2. The highest BCUT2D eigenvalue weighted by Gasteiger charge is 2.32. The van der Waals surface area contributed by atoms with Crippen LogP contribution < -0.4 is 5.73 Å². The van der Waals surface area contributed by atoms with Gasteiger partial charge in [-0.1, -0.05) is 0 Å². The molecule has 1 aliphatic rings. The van der Waals surface area contributed by atoms with E-state index in [1.165, 1.54) is 4.90 Å². The first-order valence-corrected chi connectivity index (χ1v) is 5.22. The number of nitrogens with zero attached hydrogens (tertiary/aromatic N) is 1. The maximum atomic E-state index is 11.8. The van der Waals surface area contributed by atoms with Crippen LogP contribution in [0, 0.1) is 5.41 Å². The number of hydrogen-bond donors (Lipinski definition) is 2. The SMILES string of the molecule is CC(C)(C)OC(=O)N1CCOCC1C(=N)N. The van der Waals surface area contributed by atoms with Crippen molar-refractivity contribution in [3.63, 3.8) is 0 Å². The highest BCUT2D eigenvalue weighted by atomic mass is 16.6. The molecule has 1 saturated heterocycles. The van der Waals surface area contributed by atoms with Crippen molar-refractivity contribution in [2.45, 2.75) is 32.4 Å². The highest BCUT2D eigenvalue weighted by Crippen LogP contribution is 2.14. The molecule has 1 amide bonds. The molecule has 16 heavy (non-hydrogen) atoms. The second-order valence-electron chi connectivity index (χ2n) is 4.72. The largest absolute Gasteiger partial charge is 0.444 e. The summed E-state index contributed by atoms with van der Waals surface area (Å²) in [4.78, 5) is 13.3. The van der Waals surface area contributed by atoms with Gasteiger partial charge in [0.15, 0.2) is 0 Å². The Hall–Kier alpha value is -1.30. The molecule has 0 saturated carbocycles. The van der Waals surface area contributed by atoms with Gasteiger partial charge in [-0.2, -0.15) is 0 Å². The normalized spacial score (nSPS) is 21.7. The molecule has 0 aromatic heterocycles. The lowest BCUT2D eigenvalue weighted by molar-refractivity contribution is -0.0182. The maximum Gasteiger partial charge on any atom is 0.411 e. The average molecular weight is 229 g/mol. The molecule has 1 unspecified atom stereocenters. The summed E-state index contributed by atoms with van der Waals surface area (Å²) in [5.41, 5.74) is 4.87. The van der Waals surface area contributed by atoms with E-state index in [9.17, 15) is 4.79 Å². The van der Waals surface area contributed by atoms with E-state index in [1.54, 1.807) is 20.8 Å². The van der Waals surface area contributed by atoms with Crippen LogP contribution >= 0.6 is 0 Å². The molecule has 0 radical (unpaired) electrons. The van der Waals surface area contributed by atoms with Gasteiger partial charge in [0.25, 0.3) is 0 Å². The van der Waals surface area contributed by atoms with Crippen molar-refractivity contribution in [2.24, 2.45) is 5.73 Å². The minimum Gasteiger partial charge on any atom is -0.444 e. The molecule has 6 heteroatoms. The van der Waals surface area contributed by atoms with Gasteiger partial charge in [-0.3, -0.25) is 10.3 Å². The Morgan fingerprint density at radius 2 is 2.19 bits per heavy atom. The number of amidine groups is 1. The fraction of sp³-hybridized carbons (Fsp3) is 0.800. The first-order valence-electron chi connectivity index (χ1n) is 5.22. The molecule has 1 fully saturated rings. The third-order valence-corrected chi connectivity index (χ3v) is 2.12. The Balaban J connectivity index is 2.68. The smallest absolute Gasteiger partial charge is 0.411 e. The molecule has 0 bridgehead atoms. The molecule has 92 valence electrons. The molecule has 1 rings (SSSR count). The van der Waals surface area contributed by atoms with Gasteiger partial charge in [-0.05, 0) is 20.8 Å². The molecule has 0 spiro atoms. The summed E-state index contributed by atoms with van der Waals surface area (Å²) >= 11 is 0. The van der Waals surface area contributed by atoms with Crippen LogP contribution in [0.25, 0.3) is 0 Å². The molecule has 1 aliphatic heterocycles. The summed E-state index contributed by atoms with van der Waals surface area (Å²) < 4.78 is 10.4. The number of hydrogen-bond acceptors (Lipinski definition) is 4. The van der Waals surface area contributed by atoms with Crippen molar-refractivity contribution in [1.82, 2.24) is 4.90 Å². The summed E-state index contributed by atoms with van der Waals surface area (Å²) in [6.07, 6.45) is -0.448. The van der Waals surface area contributed by atoms with Crippen molar-refractivity contribution in [2.75, 3.05) is 19.8 Å². The molecule has 6 nitrogen and oxygen atoms in total. The third kappa shape index (κ3) is 3.37. The standard InChI is InChI=1S/C10H19N3O3/c1-10(2,3)16-9(14)13-4-5-15-6-7(13)8(11)12/h7H,4-6H2,1-3H3,(H3,11,12). The van der Waals surface area contributed by atoms with Gasteiger partial charge in [0.2, 0.25) is 0 Å². The Bertz CT molecular complexity index is 286. The quantitative estimate of drug-likeness (QED) is 0.508. The summed E-state index contributed by atoms with van der Waals surface area (Å²) in [6.45, 7) is 6.51. The van der Waals surface area contributed by atoms with Crippen LogP contribution in [0.1, 0.15) is 20.8 Å². The van der Waals surface area contributed by atoms with Crippen molar-refractivity contribution < 1.29 is 14.3 Å². The van der Waals surface area contributed by atoms with Crippen LogP contribution in [-0.4, -0.2) is 48.2 Å². The fourth-order valence-corrected chi connectivity index (χ4v) is 1.40. The summed E-state index contributed by atoms with van der Waals surface area (Å²) in [5, 5.41) is 7.39. The zero-order valence-electron chi connectivity index (χ0n) is 9.95. The van der Waals surface area contributed by atoms with E-state index in [0.717, 1.165) is 0 Å². The predicted molar refractivity (Wildman–Crippen MR) is 59.5 cm³/mol. The van der Waals surface area contributed by atoms with Crippen molar-refractivity contribution in [1.29, 1.82) is 5.41 Å². The van der Waals surface area contributed by atoms with Gasteiger partial charge >= 0.3 is 6.09 Å². The predicted octanol–water partition coefficient (Wildman–Crippen LogP) is 0.558. The van der Waals surface area contributed by atoms with E-state index in [2.05, 4.69) is 0 Å². The van der Waals surface area contributed by atoms with Crippen LogP contribution in [0.4, 0.5) is 4.79 Å². The van der Waals surface area contributed by atoms with Gasteiger partial charge in [0.05, 0.1) is 13.2 Å². The number of rotatable bonds is 1. The third-order valence-electron chi connectivity index (χ3n) is 2.12. The lowest BCUT2D eigenvalue weighted by Crippen LogP contribution is -2.55. The molecule has 1 heterocycles. The molecule has 0 aromatic rings. The highest BCUT2D eigenvalue weighted by molar-refractivity contribution is 5.86.